The summed E-state index contributed by atoms with van der Waals surface area (Å²) in [7, 11) is 0. The Bertz CT molecular complexity index is 506. The van der Waals surface area contributed by atoms with E-state index in [9.17, 15) is 13.2 Å². The van der Waals surface area contributed by atoms with Crippen molar-refractivity contribution >= 4 is 17.4 Å². The van der Waals surface area contributed by atoms with E-state index in [1.807, 2.05) is 4.90 Å². The zero-order valence-corrected chi connectivity index (χ0v) is 11.6. The zero-order chi connectivity index (χ0) is 14.3. The summed E-state index contributed by atoms with van der Waals surface area (Å²) in [6.07, 6.45) is -2.13. The Morgan fingerprint density at radius 1 is 1.20 bits per heavy atom. The van der Waals surface area contributed by atoms with Gasteiger partial charge in [0.05, 0.1) is 5.56 Å². The van der Waals surface area contributed by atoms with Gasteiger partial charge in [-0.1, -0.05) is 11.6 Å². The van der Waals surface area contributed by atoms with Crippen molar-refractivity contribution in [3.63, 3.8) is 0 Å². The summed E-state index contributed by atoms with van der Waals surface area (Å²) in [5.41, 5.74) is -0.735. The van der Waals surface area contributed by atoms with Gasteiger partial charge in [0.15, 0.2) is 0 Å². The fourth-order valence-electron chi connectivity index (χ4n) is 3.01. The highest BCUT2D eigenvalue weighted by molar-refractivity contribution is 6.29. The Labute approximate surface area is 120 Å². The van der Waals surface area contributed by atoms with Crippen molar-refractivity contribution in [3.05, 3.63) is 22.8 Å². The van der Waals surface area contributed by atoms with Gasteiger partial charge in [-0.05, 0) is 31.5 Å². The molecule has 2 saturated heterocycles. The van der Waals surface area contributed by atoms with Crippen LogP contribution in [-0.2, 0) is 6.18 Å². The third-order valence-corrected chi connectivity index (χ3v) is 4.21. The number of pyridine rings is 1. The molecule has 3 nitrogen and oxygen atoms in total. The van der Waals surface area contributed by atoms with Crippen LogP contribution in [0.5, 0.6) is 0 Å². The molecule has 0 radical (unpaired) electrons. The van der Waals surface area contributed by atoms with Gasteiger partial charge in [0.2, 0.25) is 0 Å². The molecular weight excluding hydrogens is 291 g/mol. The van der Waals surface area contributed by atoms with E-state index in [4.69, 9.17) is 11.6 Å². The lowest BCUT2D eigenvalue weighted by molar-refractivity contribution is -0.137. The van der Waals surface area contributed by atoms with Crippen molar-refractivity contribution in [2.24, 2.45) is 0 Å². The van der Waals surface area contributed by atoms with E-state index in [0.717, 1.165) is 44.6 Å². The standard InChI is InChI=1S/C13H15ClF3N3/c14-11-6-9(13(15,16)17)7-12(18-11)20-5-4-19-3-1-2-10(19)8-20/h6-7,10H,1-5,8H2. The second-order valence-electron chi connectivity index (χ2n) is 5.31. The predicted octanol–water partition coefficient (Wildman–Crippen LogP) is 3.04. The second kappa shape index (κ2) is 5.07. The molecule has 3 rings (SSSR count). The number of alkyl halides is 3. The Balaban J connectivity index is 1.85. The molecule has 0 N–H and O–H groups in total. The molecule has 1 aromatic rings. The first-order valence-electron chi connectivity index (χ1n) is 6.67. The topological polar surface area (TPSA) is 19.4 Å². The zero-order valence-electron chi connectivity index (χ0n) is 10.8. The first-order chi connectivity index (χ1) is 9.43. The molecular formula is C13H15ClF3N3. The number of aromatic nitrogens is 1. The van der Waals surface area contributed by atoms with Gasteiger partial charge in [-0.15, -0.1) is 0 Å². The minimum atomic E-state index is -4.39. The number of piperazine rings is 1. The molecule has 0 aliphatic carbocycles. The lowest BCUT2D eigenvalue weighted by Crippen LogP contribution is -2.50. The van der Waals surface area contributed by atoms with Gasteiger partial charge in [-0.25, -0.2) is 4.98 Å². The number of halogens is 4. The molecule has 0 saturated carbocycles. The summed E-state index contributed by atoms with van der Waals surface area (Å²) in [5, 5.41) is -0.108. The molecule has 2 aliphatic rings. The highest BCUT2D eigenvalue weighted by atomic mass is 35.5. The molecule has 0 amide bonds. The summed E-state index contributed by atoms with van der Waals surface area (Å²) in [6.45, 7) is 3.39. The maximum Gasteiger partial charge on any atom is 0.416 e. The third kappa shape index (κ3) is 2.72. The Morgan fingerprint density at radius 2 is 2.00 bits per heavy atom. The molecule has 20 heavy (non-hydrogen) atoms. The minimum Gasteiger partial charge on any atom is -0.354 e. The molecule has 1 aromatic heterocycles. The fourth-order valence-corrected chi connectivity index (χ4v) is 3.21. The van der Waals surface area contributed by atoms with E-state index >= 15 is 0 Å². The first kappa shape index (κ1) is 13.9. The summed E-state index contributed by atoms with van der Waals surface area (Å²) >= 11 is 5.74. The van der Waals surface area contributed by atoms with Gasteiger partial charge < -0.3 is 4.90 Å². The summed E-state index contributed by atoms with van der Waals surface area (Å²) in [4.78, 5) is 8.36. The van der Waals surface area contributed by atoms with Crippen LogP contribution in [0.15, 0.2) is 12.1 Å². The molecule has 2 fully saturated rings. The third-order valence-electron chi connectivity index (χ3n) is 4.02. The van der Waals surface area contributed by atoms with Gasteiger partial charge in [0, 0.05) is 25.7 Å². The number of nitrogens with zero attached hydrogens (tertiary/aromatic N) is 3. The summed E-state index contributed by atoms with van der Waals surface area (Å²) < 4.78 is 38.5. The lowest BCUT2D eigenvalue weighted by Gasteiger charge is -2.38. The lowest BCUT2D eigenvalue weighted by atomic mass is 10.1. The maximum atomic E-state index is 12.8. The molecule has 1 atom stereocenters. The average Bonchev–Trinajstić information content (AvgIpc) is 2.84. The van der Waals surface area contributed by atoms with Crippen LogP contribution in [0, 0.1) is 0 Å². The first-order valence-corrected chi connectivity index (χ1v) is 7.05. The number of rotatable bonds is 1. The van der Waals surface area contributed by atoms with Gasteiger partial charge >= 0.3 is 6.18 Å². The largest absolute Gasteiger partial charge is 0.416 e. The number of anilines is 1. The van der Waals surface area contributed by atoms with Crippen LogP contribution in [0.1, 0.15) is 18.4 Å². The van der Waals surface area contributed by atoms with E-state index < -0.39 is 11.7 Å². The van der Waals surface area contributed by atoms with Crippen LogP contribution in [-0.4, -0.2) is 42.1 Å². The Hall–Kier alpha value is -1.01. The van der Waals surface area contributed by atoms with Crippen molar-refractivity contribution in [1.29, 1.82) is 0 Å². The van der Waals surface area contributed by atoms with Crippen molar-refractivity contribution in [2.75, 3.05) is 31.1 Å². The minimum absolute atomic E-state index is 0.108. The van der Waals surface area contributed by atoms with Crippen molar-refractivity contribution in [1.82, 2.24) is 9.88 Å². The van der Waals surface area contributed by atoms with Crippen molar-refractivity contribution in [2.45, 2.75) is 25.1 Å². The van der Waals surface area contributed by atoms with Gasteiger partial charge in [0.1, 0.15) is 11.0 Å². The molecule has 2 aliphatic heterocycles. The highest BCUT2D eigenvalue weighted by Gasteiger charge is 2.34. The maximum absolute atomic E-state index is 12.8. The Kier molecular flexibility index (Phi) is 3.54. The van der Waals surface area contributed by atoms with Gasteiger partial charge in [0.25, 0.3) is 0 Å². The smallest absolute Gasteiger partial charge is 0.354 e. The molecule has 1 unspecified atom stereocenters. The normalized spacial score (nSPS) is 24.0. The SMILES string of the molecule is FC(F)(F)c1cc(Cl)nc(N2CCN3CCCC3C2)c1. The van der Waals surface area contributed by atoms with Crippen molar-refractivity contribution < 1.29 is 13.2 Å². The van der Waals surface area contributed by atoms with Crippen LogP contribution in [0.2, 0.25) is 5.15 Å². The van der Waals surface area contributed by atoms with Crippen LogP contribution < -0.4 is 4.90 Å². The molecule has 110 valence electrons. The number of hydrogen-bond acceptors (Lipinski definition) is 3. The Morgan fingerprint density at radius 3 is 2.75 bits per heavy atom. The number of hydrogen-bond donors (Lipinski definition) is 0. The van der Waals surface area contributed by atoms with E-state index in [1.54, 1.807) is 0 Å². The predicted molar refractivity (Wildman–Crippen MR) is 71.1 cm³/mol. The van der Waals surface area contributed by atoms with Crippen LogP contribution >= 0.6 is 11.6 Å². The average molecular weight is 306 g/mol. The fraction of sp³-hybridized carbons (Fsp3) is 0.615. The molecule has 0 bridgehead atoms. The van der Waals surface area contributed by atoms with E-state index in [2.05, 4.69) is 9.88 Å². The number of fused-ring (bicyclic) bond motifs is 1. The highest BCUT2D eigenvalue weighted by Crippen LogP contribution is 2.33. The molecule has 0 spiro atoms. The summed E-state index contributed by atoms with van der Waals surface area (Å²) in [6, 6.07) is 2.40. The second-order valence-corrected chi connectivity index (χ2v) is 5.70. The van der Waals surface area contributed by atoms with Gasteiger partial charge in [-0.3, -0.25) is 4.90 Å². The van der Waals surface area contributed by atoms with Gasteiger partial charge in [-0.2, -0.15) is 13.2 Å². The van der Waals surface area contributed by atoms with Crippen molar-refractivity contribution in [3.8, 4) is 0 Å². The van der Waals surface area contributed by atoms with E-state index in [-0.39, 0.29) is 5.15 Å². The monoisotopic (exact) mass is 305 g/mol. The summed E-state index contributed by atoms with van der Waals surface area (Å²) in [5.74, 6) is 0.330. The molecule has 7 heteroatoms. The van der Waals surface area contributed by atoms with Crippen LogP contribution in [0.25, 0.3) is 0 Å². The van der Waals surface area contributed by atoms with Crippen LogP contribution in [0.3, 0.4) is 0 Å². The van der Waals surface area contributed by atoms with Crippen LogP contribution in [0.4, 0.5) is 19.0 Å². The van der Waals surface area contributed by atoms with E-state index in [0.29, 0.717) is 18.4 Å². The molecule has 3 heterocycles. The quantitative estimate of drug-likeness (QED) is 0.744. The molecule has 0 aromatic carbocycles. The van der Waals surface area contributed by atoms with E-state index in [1.165, 1.54) is 0 Å².